The highest BCUT2D eigenvalue weighted by Gasteiger charge is 2.44. The quantitative estimate of drug-likeness (QED) is 0.766. The minimum Gasteiger partial charge on any atom is -0.314 e. The maximum atomic E-state index is 12.1. The number of rotatable bonds is 1. The summed E-state index contributed by atoms with van der Waals surface area (Å²) in [5.74, 6) is 0.193. The lowest BCUT2D eigenvalue weighted by atomic mass is 9.81. The summed E-state index contributed by atoms with van der Waals surface area (Å²) in [5.41, 5.74) is 1.82. The summed E-state index contributed by atoms with van der Waals surface area (Å²) in [7, 11) is 1.84. The highest BCUT2D eigenvalue weighted by molar-refractivity contribution is 9.10. The summed E-state index contributed by atoms with van der Waals surface area (Å²) in [6.45, 7) is 4.08. The first-order chi connectivity index (χ1) is 7.00. The summed E-state index contributed by atoms with van der Waals surface area (Å²) < 4.78 is 1.02. The number of carbonyl (C=O) groups is 1. The van der Waals surface area contributed by atoms with Gasteiger partial charge in [0, 0.05) is 17.2 Å². The standard InChI is InChI=1S/C12H14BrNO/c1-4-12(2)9-6-5-8(13)7-10(9)14(3)11(12)15/h5-7H,4H2,1-3H3/t12-/m0/s1. The number of anilines is 1. The summed E-state index contributed by atoms with van der Waals surface area (Å²) in [5, 5.41) is 0. The number of amides is 1. The molecule has 0 bridgehead atoms. The molecule has 0 saturated heterocycles. The average Bonchev–Trinajstić information content (AvgIpc) is 2.42. The van der Waals surface area contributed by atoms with Gasteiger partial charge in [0.2, 0.25) is 5.91 Å². The number of hydrogen-bond donors (Lipinski definition) is 0. The molecule has 0 aliphatic carbocycles. The largest absolute Gasteiger partial charge is 0.314 e. The maximum Gasteiger partial charge on any atom is 0.237 e. The molecule has 2 rings (SSSR count). The van der Waals surface area contributed by atoms with Crippen LogP contribution in [0.3, 0.4) is 0 Å². The third-order valence-electron chi connectivity index (χ3n) is 3.40. The van der Waals surface area contributed by atoms with Gasteiger partial charge < -0.3 is 4.90 Å². The maximum absolute atomic E-state index is 12.1. The van der Waals surface area contributed by atoms with Crippen LogP contribution in [0.25, 0.3) is 0 Å². The van der Waals surface area contributed by atoms with Crippen LogP contribution in [0.4, 0.5) is 5.69 Å². The minimum absolute atomic E-state index is 0.193. The molecule has 0 saturated carbocycles. The van der Waals surface area contributed by atoms with E-state index in [4.69, 9.17) is 0 Å². The fourth-order valence-electron chi connectivity index (χ4n) is 2.19. The van der Waals surface area contributed by atoms with Crippen molar-refractivity contribution in [1.29, 1.82) is 0 Å². The average molecular weight is 268 g/mol. The number of likely N-dealkylation sites (N-methyl/N-ethyl adjacent to an activating group) is 1. The van der Waals surface area contributed by atoms with Gasteiger partial charge in [-0.2, -0.15) is 0 Å². The van der Waals surface area contributed by atoms with Crippen LogP contribution in [0.5, 0.6) is 0 Å². The van der Waals surface area contributed by atoms with E-state index in [1.165, 1.54) is 0 Å². The number of fused-ring (bicyclic) bond motifs is 1. The normalized spacial score (nSPS) is 24.5. The van der Waals surface area contributed by atoms with Gasteiger partial charge in [0.15, 0.2) is 0 Å². The number of carbonyl (C=O) groups excluding carboxylic acids is 1. The second kappa shape index (κ2) is 3.34. The van der Waals surface area contributed by atoms with Crippen LogP contribution >= 0.6 is 15.9 Å². The zero-order valence-electron chi connectivity index (χ0n) is 9.17. The monoisotopic (exact) mass is 267 g/mol. The Bertz CT molecular complexity index is 430. The van der Waals surface area contributed by atoms with E-state index in [-0.39, 0.29) is 11.3 Å². The molecule has 80 valence electrons. The number of hydrogen-bond acceptors (Lipinski definition) is 1. The molecule has 3 heteroatoms. The molecule has 1 aliphatic heterocycles. The van der Waals surface area contributed by atoms with E-state index in [1.807, 2.05) is 32.2 Å². The first kappa shape index (κ1) is 10.7. The molecule has 1 atom stereocenters. The van der Waals surface area contributed by atoms with E-state index in [9.17, 15) is 4.79 Å². The molecule has 1 aliphatic rings. The van der Waals surface area contributed by atoms with Crippen molar-refractivity contribution in [2.75, 3.05) is 11.9 Å². The van der Waals surface area contributed by atoms with Crippen LogP contribution in [0.2, 0.25) is 0 Å². The van der Waals surface area contributed by atoms with Crippen LogP contribution in [0.15, 0.2) is 22.7 Å². The van der Waals surface area contributed by atoms with Gasteiger partial charge in [-0.15, -0.1) is 0 Å². The fourth-order valence-corrected chi connectivity index (χ4v) is 2.53. The molecule has 15 heavy (non-hydrogen) atoms. The Morgan fingerprint density at radius 3 is 2.73 bits per heavy atom. The van der Waals surface area contributed by atoms with E-state index in [1.54, 1.807) is 4.90 Å². The predicted molar refractivity (Wildman–Crippen MR) is 65.2 cm³/mol. The Hall–Kier alpha value is -0.830. The predicted octanol–water partition coefficient (Wildman–Crippen LogP) is 3.09. The van der Waals surface area contributed by atoms with Crippen LogP contribution < -0.4 is 4.90 Å². The topological polar surface area (TPSA) is 20.3 Å². The molecule has 0 spiro atoms. The summed E-state index contributed by atoms with van der Waals surface area (Å²) in [6, 6.07) is 6.05. The lowest BCUT2D eigenvalue weighted by Gasteiger charge is -2.20. The molecule has 0 radical (unpaired) electrons. The lowest BCUT2D eigenvalue weighted by molar-refractivity contribution is -0.122. The number of nitrogens with zero attached hydrogens (tertiary/aromatic N) is 1. The van der Waals surface area contributed by atoms with Gasteiger partial charge in [0.25, 0.3) is 0 Å². The minimum atomic E-state index is -0.342. The van der Waals surface area contributed by atoms with Crippen molar-refractivity contribution in [3.8, 4) is 0 Å². The molecule has 0 N–H and O–H groups in total. The van der Waals surface area contributed by atoms with Crippen LogP contribution in [0, 0.1) is 0 Å². The number of halogens is 1. The van der Waals surface area contributed by atoms with Crippen molar-refractivity contribution in [3.05, 3.63) is 28.2 Å². The van der Waals surface area contributed by atoms with Gasteiger partial charge >= 0.3 is 0 Å². The van der Waals surface area contributed by atoms with E-state index >= 15 is 0 Å². The van der Waals surface area contributed by atoms with E-state index in [0.717, 1.165) is 22.1 Å². The van der Waals surface area contributed by atoms with Gasteiger partial charge in [0.05, 0.1) is 5.41 Å². The van der Waals surface area contributed by atoms with E-state index < -0.39 is 0 Å². The second-order valence-corrected chi connectivity index (χ2v) is 5.13. The second-order valence-electron chi connectivity index (χ2n) is 4.21. The number of benzene rings is 1. The van der Waals surface area contributed by atoms with E-state index in [0.29, 0.717) is 0 Å². The Balaban J connectivity index is 2.66. The first-order valence-corrected chi connectivity index (χ1v) is 5.88. The van der Waals surface area contributed by atoms with Crippen LogP contribution in [-0.2, 0) is 10.2 Å². The zero-order valence-corrected chi connectivity index (χ0v) is 10.8. The SMILES string of the molecule is CC[C@]1(C)C(=O)N(C)c2cc(Br)ccc21. The lowest BCUT2D eigenvalue weighted by Crippen LogP contribution is -2.35. The molecular weight excluding hydrogens is 254 g/mol. The molecule has 0 fully saturated rings. The fraction of sp³-hybridized carbons (Fsp3) is 0.417. The summed E-state index contributed by atoms with van der Waals surface area (Å²) in [6.07, 6.45) is 0.838. The summed E-state index contributed by atoms with van der Waals surface area (Å²) in [4.78, 5) is 13.9. The Kier molecular flexibility index (Phi) is 2.38. The van der Waals surface area contributed by atoms with Gasteiger partial charge in [-0.3, -0.25) is 4.79 Å². The van der Waals surface area contributed by atoms with Crippen molar-refractivity contribution < 1.29 is 4.79 Å². The van der Waals surface area contributed by atoms with Crippen LogP contribution in [0.1, 0.15) is 25.8 Å². The van der Waals surface area contributed by atoms with Crippen molar-refractivity contribution in [1.82, 2.24) is 0 Å². The third-order valence-corrected chi connectivity index (χ3v) is 3.89. The van der Waals surface area contributed by atoms with Gasteiger partial charge in [-0.05, 0) is 31.0 Å². The first-order valence-electron chi connectivity index (χ1n) is 5.09. The van der Waals surface area contributed by atoms with Crippen molar-refractivity contribution in [3.63, 3.8) is 0 Å². The van der Waals surface area contributed by atoms with Crippen LogP contribution in [-0.4, -0.2) is 13.0 Å². The zero-order chi connectivity index (χ0) is 11.2. The molecule has 1 heterocycles. The highest BCUT2D eigenvalue weighted by atomic mass is 79.9. The molecule has 0 unspecified atom stereocenters. The van der Waals surface area contributed by atoms with Gasteiger partial charge in [-0.1, -0.05) is 28.9 Å². The smallest absolute Gasteiger partial charge is 0.237 e. The molecule has 2 nitrogen and oxygen atoms in total. The van der Waals surface area contributed by atoms with Crippen molar-refractivity contribution in [2.45, 2.75) is 25.7 Å². The van der Waals surface area contributed by atoms with Crippen molar-refractivity contribution in [2.24, 2.45) is 0 Å². The third kappa shape index (κ3) is 1.33. The highest BCUT2D eigenvalue weighted by Crippen LogP contribution is 2.43. The van der Waals surface area contributed by atoms with Gasteiger partial charge in [-0.25, -0.2) is 0 Å². The Labute approximate surface area is 98.4 Å². The Morgan fingerprint density at radius 1 is 1.47 bits per heavy atom. The molecule has 1 aromatic carbocycles. The van der Waals surface area contributed by atoms with E-state index in [2.05, 4.69) is 22.9 Å². The Morgan fingerprint density at radius 2 is 2.13 bits per heavy atom. The molecule has 0 aromatic heterocycles. The molecule has 1 amide bonds. The van der Waals surface area contributed by atoms with Crippen molar-refractivity contribution >= 4 is 27.5 Å². The summed E-state index contributed by atoms with van der Waals surface area (Å²) >= 11 is 3.43. The van der Waals surface area contributed by atoms with Gasteiger partial charge in [0.1, 0.15) is 0 Å². The molecule has 1 aromatic rings. The molecular formula is C12H14BrNO.